The Morgan fingerprint density at radius 3 is 2.64 bits per heavy atom. The molecule has 25 heavy (non-hydrogen) atoms. The van der Waals surface area contributed by atoms with Crippen LogP contribution in [0.2, 0.25) is 0 Å². The molecule has 0 saturated carbocycles. The third kappa shape index (κ3) is 4.57. The number of oxazole rings is 1. The summed E-state index contributed by atoms with van der Waals surface area (Å²) in [4.78, 5) is 20.7. The van der Waals surface area contributed by atoms with Crippen LogP contribution < -0.4 is 5.32 Å². The summed E-state index contributed by atoms with van der Waals surface area (Å²) >= 11 is 0. The molecule has 0 aliphatic carbocycles. The number of nitrogens with zero attached hydrogens (tertiary/aromatic N) is 3. The van der Waals surface area contributed by atoms with E-state index >= 15 is 0 Å². The number of rotatable bonds is 5. The summed E-state index contributed by atoms with van der Waals surface area (Å²) in [6.07, 6.45) is 2.16. The Balaban J connectivity index is 1.45. The summed E-state index contributed by atoms with van der Waals surface area (Å²) in [5.41, 5.74) is 1.49. The van der Waals surface area contributed by atoms with E-state index in [-0.39, 0.29) is 11.8 Å². The highest BCUT2D eigenvalue weighted by Crippen LogP contribution is 2.19. The van der Waals surface area contributed by atoms with Gasteiger partial charge in [-0.05, 0) is 30.8 Å². The van der Waals surface area contributed by atoms with Crippen molar-refractivity contribution in [3.8, 4) is 11.5 Å². The van der Waals surface area contributed by atoms with Gasteiger partial charge in [0.05, 0.1) is 5.69 Å². The number of carbonyl (C=O) groups excluding carboxylic acids is 1. The van der Waals surface area contributed by atoms with Crippen LogP contribution in [-0.4, -0.2) is 60.1 Å². The Labute approximate surface area is 146 Å². The summed E-state index contributed by atoms with van der Waals surface area (Å²) < 4.78 is 18.4. The summed E-state index contributed by atoms with van der Waals surface area (Å²) in [6.45, 7) is 7.03. The van der Waals surface area contributed by atoms with Crippen molar-refractivity contribution in [2.24, 2.45) is 0 Å². The maximum atomic E-state index is 12.9. The van der Waals surface area contributed by atoms with Gasteiger partial charge in [-0.25, -0.2) is 14.2 Å². The van der Waals surface area contributed by atoms with Gasteiger partial charge in [-0.1, -0.05) is 6.92 Å². The zero-order valence-electron chi connectivity index (χ0n) is 14.4. The number of halogens is 1. The van der Waals surface area contributed by atoms with E-state index in [0.717, 1.165) is 44.0 Å². The second-order valence-electron chi connectivity index (χ2n) is 6.05. The molecule has 1 aromatic heterocycles. The number of aromatic nitrogens is 1. The van der Waals surface area contributed by atoms with Crippen molar-refractivity contribution in [2.75, 3.05) is 39.3 Å². The van der Waals surface area contributed by atoms with Crippen LogP contribution >= 0.6 is 0 Å². The molecule has 0 spiro atoms. The van der Waals surface area contributed by atoms with Crippen LogP contribution in [0.25, 0.3) is 11.5 Å². The lowest BCUT2D eigenvalue weighted by Crippen LogP contribution is -2.51. The molecule has 1 N–H and O–H groups in total. The minimum atomic E-state index is -0.294. The lowest BCUT2D eigenvalue weighted by Gasteiger charge is -2.33. The molecule has 6 nitrogen and oxygen atoms in total. The highest BCUT2D eigenvalue weighted by Gasteiger charge is 2.19. The zero-order valence-corrected chi connectivity index (χ0v) is 14.4. The number of carbonyl (C=O) groups is 1. The van der Waals surface area contributed by atoms with Crippen molar-refractivity contribution >= 4 is 6.03 Å². The van der Waals surface area contributed by atoms with E-state index in [1.165, 1.54) is 12.1 Å². The van der Waals surface area contributed by atoms with Crippen molar-refractivity contribution in [3.63, 3.8) is 0 Å². The van der Waals surface area contributed by atoms with Crippen LogP contribution in [-0.2, 0) is 6.42 Å². The van der Waals surface area contributed by atoms with E-state index in [2.05, 4.69) is 22.1 Å². The Hall–Kier alpha value is -2.41. The molecule has 2 amide bonds. The van der Waals surface area contributed by atoms with Crippen LogP contribution in [0, 0.1) is 5.82 Å². The first-order valence-electron chi connectivity index (χ1n) is 8.61. The molecule has 1 fully saturated rings. The van der Waals surface area contributed by atoms with Gasteiger partial charge in [0.1, 0.15) is 12.1 Å². The third-order valence-electron chi connectivity index (χ3n) is 4.41. The van der Waals surface area contributed by atoms with Gasteiger partial charge in [-0.15, -0.1) is 0 Å². The molecule has 1 saturated heterocycles. The molecule has 1 aliphatic heterocycles. The first-order chi connectivity index (χ1) is 12.2. The smallest absolute Gasteiger partial charge is 0.317 e. The SMILES string of the molecule is CCN1CCN(C(=O)NCCc2coc(-c3ccc(F)cc3)n2)CC1. The van der Waals surface area contributed by atoms with E-state index in [1.54, 1.807) is 18.4 Å². The van der Waals surface area contributed by atoms with Gasteiger partial charge in [0.15, 0.2) is 0 Å². The highest BCUT2D eigenvalue weighted by molar-refractivity contribution is 5.74. The van der Waals surface area contributed by atoms with E-state index in [1.807, 2.05) is 4.90 Å². The molecule has 2 aromatic rings. The highest BCUT2D eigenvalue weighted by atomic mass is 19.1. The van der Waals surface area contributed by atoms with Crippen LogP contribution in [0.3, 0.4) is 0 Å². The normalized spacial score (nSPS) is 15.4. The molecule has 0 radical (unpaired) electrons. The van der Waals surface area contributed by atoms with E-state index in [9.17, 15) is 9.18 Å². The fourth-order valence-corrected chi connectivity index (χ4v) is 2.82. The molecular formula is C18H23FN4O2. The quantitative estimate of drug-likeness (QED) is 0.903. The second kappa shape index (κ2) is 8.11. The van der Waals surface area contributed by atoms with Gasteiger partial charge in [-0.2, -0.15) is 0 Å². The molecule has 0 unspecified atom stereocenters. The molecular weight excluding hydrogens is 323 g/mol. The molecule has 0 bridgehead atoms. The number of nitrogens with one attached hydrogen (secondary N) is 1. The molecule has 1 aromatic carbocycles. The Bertz CT molecular complexity index is 693. The predicted octanol–water partition coefficient (Wildman–Crippen LogP) is 2.37. The maximum absolute atomic E-state index is 12.9. The average molecular weight is 346 g/mol. The van der Waals surface area contributed by atoms with Gasteiger partial charge < -0.3 is 19.5 Å². The molecule has 134 valence electrons. The fourth-order valence-electron chi connectivity index (χ4n) is 2.82. The third-order valence-corrected chi connectivity index (χ3v) is 4.41. The number of benzene rings is 1. The number of urea groups is 1. The second-order valence-corrected chi connectivity index (χ2v) is 6.05. The lowest BCUT2D eigenvalue weighted by molar-refractivity contribution is 0.143. The van der Waals surface area contributed by atoms with Gasteiger partial charge in [0, 0.05) is 44.7 Å². The maximum Gasteiger partial charge on any atom is 0.317 e. The summed E-state index contributed by atoms with van der Waals surface area (Å²) in [5, 5.41) is 2.93. The number of hydrogen-bond donors (Lipinski definition) is 1. The first kappa shape index (κ1) is 17.4. The fraction of sp³-hybridized carbons (Fsp3) is 0.444. The number of amides is 2. The number of likely N-dealkylation sites (N-methyl/N-ethyl adjacent to an activating group) is 1. The lowest BCUT2D eigenvalue weighted by atomic mass is 10.2. The largest absolute Gasteiger partial charge is 0.444 e. The summed E-state index contributed by atoms with van der Waals surface area (Å²) in [7, 11) is 0. The number of hydrogen-bond acceptors (Lipinski definition) is 4. The van der Waals surface area contributed by atoms with Crippen LogP contribution in [0.5, 0.6) is 0 Å². The van der Waals surface area contributed by atoms with Crippen molar-refractivity contribution in [3.05, 3.63) is 42.0 Å². The molecule has 1 aliphatic rings. The van der Waals surface area contributed by atoms with Gasteiger partial charge in [-0.3, -0.25) is 0 Å². The van der Waals surface area contributed by atoms with Crippen LogP contribution in [0.15, 0.2) is 34.9 Å². The Kier molecular flexibility index (Phi) is 5.65. The molecule has 2 heterocycles. The predicted molar refractivity (Wildman–Crippen MR) is 92.7 cm³/mol. The topological polar surface area (TPSA) is 61.6 Å². The standard InChI is InChI=1S/C18H23FN4O2/c1-2-22-9-11-23(12-10-22)18(24)20-8-7-16-13-25-17(21-16)14-3-5-15(19)6-4-14/h3-6,13H,2,7-12H2,1H3,(H,20,24). The van der Waals surface area contributed by atoms with Crippen molar-refractivity contribution in [1.29, 1.82) is 0 Å². The zero-order chi connectivity index (χ0) is 17.6. The van der Waals surface area contributed by atoms with Gasteiger partial charge in [0.25, 0.3) is 0 Å². The van der Waals surface area contributed by atoms with Gasteiger partial charge in [0.2, 0.25) is 5.89 Å². The summed E-state index contributed by atoms with van der Waals surface area (Å²) in [6, 6.07) is 5.97. The van der Waals surface area contributed by atoms with Crippen LogP contribution in [0.1, 0.15) is 12.6 Å². The van der Waals surface area contributed by atoms with E-state index in [4.69, 9.17) is 4.42 Å². The summed E-state index contributed by atoms with van der Waals surface area (Å²) in [5.74, 6) is 0.162. The number of piperazine rings is 1. The molecule has 7 heteroatoms. The van der Waals surface area contributed by atoms with Crippen molar-refractivity contribution in [2.45, 2.75) is 13.3 Å². The Morgan fingerprint density at radius 2 is 1.96 bits per heavy atom. The van der Waals surface area contributed by atoms with Crippen LogP contribution in [0.4, 0.5) is 9.18 Å². The van der Waals surface area contributed by atoms with Gasteiger partial charge >= 0.3 is 6.03 Å². The Morgan fingerprint density at radius 1 is 1.24 bits per heavy atom. The minimum Gasteiger partial charge on any atom is -0.444 e. The van der Waals surface area contributed by atoms with Crippen molar-refractivity contribution < 1.29 is 13.6 Å². The van der Waals surface area contributed by atoms with E-state index < -0.39 is 0 Å². The molecule has 3 rings (SSSR count). The van der Waals surface area contributed by atoms with Crippen molar-refractivity contribution in [1.82, 2.24) is 20.1 Å². The minimum absolute atomic E-state index is 0.0296. The van der Waals surface area contributed by atoms with E-state index in [0.29, 0.717) is 18.9 Å². The monoisotopic (exact) mass is 346 g/mol. The average Bonchev–Trinajstić information content (AvgIpc) is 3.11. The molecule has 0 atom stereocenters. The first-order valence-corrected chi connectivity index (χ1v) is 8.61.